The van der Waals surface area contributed by atoms with Crippen LogP contribution in [0.3, 0.4) is 0 Å². The van der Waals surface area contributed by atoms with Gasteiger partial charge in [0.2, 0.25) is 5.91 Å². The minimum Gasteiger partial charge on any atom is -0.484 e. The van der Waals surface area contributed by atoms with Gasteiger partial charge in [-0.15, -0.1) is 5.10 Å². The third-order valence-electron chi connectivity index (χ3n) is 3.92. The molecule has 0 radical (unpaired) electrons. The molecular weight excluding hydrogens is 362 g/mol. The number of nitrogens with one attached hydrogen (secondary N) is 1. The van der Waals surface area contributed by atoms with E-state index in [2.05, 4.69) is 15.6 Å². The average molecular weight is 381 g/mol. The van der Waals surface area contributed by atoms with Crippen molar-refractivity contribution in [1.82, 2.24) is 19.9 Å². The van der Waals surface area contributed by atoms with Crippen LogP contribution in [0.4, 0.5) is 5.69 Å². The highest BCUT2D eigenvalue weighted by atomic mass is 16.5. The number of aromatic nitrogens is 3. The highest BCUT2D eigenvalue weighted by Crippen LogP contribution is 2.15. The lowest BCUT2D eigenvalue weighted by Gasteiger charge is -2.12. The summed E-state index contributed by atoms with van der Waals surface area (Å²) in [5.74, 6) is -0.0627. The van der Waals surface area contributed by atoms with E-state index in [1.807, 2.05) is 0 Å². The van der Waals surface area contributed by atoms with Crippen LogP contribution in [0.15, 0.2) is 53.3 Å². The van der Waals surface area contributed by atoms with Gasteiger partial charge in [0.05, 0.1) is 5.39 Å². The predicted octanol–water partition coefficient (Wildman–Crippen LogP) is 0.897. The van der Waals surface area contributed by atoms with Crippen molar-refractivity contribution in [3.05, 3.63) is 58.9 Å². The molecule has 2 amide bonds. The van der Waals surface area contributed by atoms with Crippen LogP contribution in [0.25, 0.3) is 10.9 Å². The van der Waals surface area contributed by atoms with E-state index >= 15 is 0 Å². The molecule has 9 nitrogen and oxygen atoms in total. The van der Waals surface area contributed by atoms with Crippen molar-refractivity contribution in [3.63, 3.8) is 0 Å². The number of hydrogen-bond acceptors (Lipinski definition) is 6. The summed E-state index contributed by atoms with van der Waals surface area (Å²) in [6, 6.07) is 13.4. The Morgan fingerprint density at radius 2 is 1.82 bits per heavy atom. The fourth-order valence-corrected chi connectivity index (χ4v) is 2.37. The molecule has 0 unspecified atom stereocenters. The highest BCUT2D eigenvalue weighted by Gasteiger charge is 2.10. The lowest BCUT2D eigenvalue weighted by Crippen LogP contribution is -2.30. The first-order valence-electron chi connectivity index (χ1n) is 8.49. The Kier molecular flexibility index (Phi) is 5.64. The van der Waals surface area contributed by atoms with Gasteiger partial charge in [0, 0.05) is 19.8 Å². The van der Waals surface area contributed by atoms with E-state index in [1.54, 1.807) is 62.6 Å². The van der Waals surface area contributed by atoms with E-state index in [1.165, 1.54) is 4.90 Å². The van der Waals surface area contributed by atoms with Crippen molar-refractivity contribution < 1.29 is 14.3 Å². The lowest BCUT2D eigenvalue weighted by molar-refractivity contribution is -0.130. The maximum atomic E-state index is 12.4. The minimum atomic E-state index is -0.414. The zero-order valence-electron chi connectivity index (χ0n) is 15.5. The van der Waals surface area contributed by atoms with Gasteiger partial charge in [-0.2, -0.15) is 0 Å². The van der Waals surface area contributed by atoms with Crippen molar-refractivity contribution in [2.45, 2.75) is 6.54 Å². The first-order valence-corrected chi connectivity index (χ1v) is 8.49. The maximum absolute atomic E-state index is 12.4. The molecule has 0 atom stereocenters. The van der Waals surface area contributed by atoms with E-state index < -0.39 is 5.91 Å². The SMILES string of the molecule is CN(C)C(=O)COc1ccc(NC(=O)Cn2nnc3ccccc3c2=O)cc1. The van der Waals surface area contributed by atoms with E-state index in [0.29, 0.717) is 22.3 Å². The monoisotopic (exact) mass is 381 g/mol. The van der Waals surface area contributed by atoms with Crippen LogP contribution in [-0.2, 0) is 16.1 Å². The second-order valence-corrected chi connectivity index (χ2v) is 6.22. The first kappa shape index (κ1) is 19.0. The van der Waals surface area contributed by atoms with Crippen LogP contribution in [-0.4, -0.2) is 52.4 Å². The predicted molar refractivity (Wildman–Crippen MR) is 103 cm³/mol. The fraction of sp³-hybridized carbons (Fsp3) is 0.211. The number of fused-ring (bicyclic) bond motifs is 1. The number of carbonyl (C=O) groups is 2. The van der Waals surface area contributed by atoms with Crippen molar-refractivity contribution >= 4 is 28.4 Å². The molecule has 3 rings (SSSR count). The molecular formula is C19H19N5O4. The van der Waals surface area contributed by atoms with E-state index in [0.717, 1.165) is 4.68 Å². The molecule has 0 fully saturated rings. The minimum absolute atomic E-state index is 0.0672. The van der Waals surface area contributed by atoms with E-state index in [9.17, 15) is 14.4 Å². The van der Waals surface area contributed by atoms with Crippen LogP contribution < -0.4 is 15.6 Å². The summed E-state index contributed by atoms with van der Waals surface area (Å²) in [4.78, 5) is 37.5. The Labute approximate surface area is 160 Å². The van der Waals surface area contributed by atoms with Crippen molar-refractivity contribution in [3.8, 4) is 5.75 Å². The van der Waals surface area contributed by atoms with Crippen LogP contribution >= 0.6 is 0 Å². The molecule has 144 valence electrons. The lowest BCUT2D eigenvalue weighted by atomic mass is 10.2. The van der Waals surface area contributed by atoms with Crippen molar-refractivity contribution in [1.29, 1.82) is 0 Å². The smallest absolute Gasteiger partial charge is 0.278 e. The Hall–Kier alpha value is -3.75. The van der Waals surface area contributed by atoms with Crippen molar-refractivity contribution in [2.24, 2.45) is 0 Å². The quantitative estimate of drug-likeness (QED) is 0.680. The third-order valence-corrected chi connectivity index (χ3v) is 3.92. The number of benzene rings is 2. The molecule has 0 saturated carbocycles. The van der Waals surface area contributed by atoms with E-state index in [4.69, 9.17) is 4.74 Å². The molecule has 0 saturated heterocycles. The molecule has 2 aromatic carbocycles. The number of ether oxygens (including phenoxy) is 1. The summed E-state index contributed by atoms with van der Waals surface area (Å²) in [5.41, 5.74) is 0.626. The largest absolute Gasteiger partial charge is 0.484 e. The number of carbonyl (C=O) groups excluding carboxylic acids is 2. The van der Waals surface area contributed by atoms with Gasteiger partial charge in [0.25, 0.3) is 11.5 Å². The van der Waals surface area contributed by atoms with Crippen LogP contribution in [0.5, 0.6) is 5.75 Å². The zero-order valence-corrected chi connectivity index (χ0v) is 15.5. The molecule has 1 heterocycles. The van der Waals surface area contributed by atoms with Gasteiger partial charge in [0.15, 0.2) is 6.61 Å². The Morgan fingerprint density at radius 3 is 2.54 bits per heavy atom. The van der Waals surface area contributed by atoms with Crippen molar-refractivity contribution in [2.75, 3.05) is 26.0 Å². The topological polar surface area (TPSA) is 106 Å². The second-order valence-electron chi connectivity index (χ2n) is 6.22. The Morgan fingerprint density at radius 1 is 1.11 bits per heavy atom. The summed E-state index contributed by atoms with van der Waals surface area (Å²) in [5, 5.41) is 10.8. The highest BCUT2D eigenvalue weighted by molar-refractivity contribution is 5.90. The average Bonchev–Trinajstić information content (AvgIpc) is 2.69. The van der Waals surface area contributed by atoms with Gasteiger partial charge in [-0.05, 0) is 36.4 Å². The molecule has 0 aliphatic heterocycles. The van der Waals surface area contributed by atoms with Crippen LogP contribution in [0.2, 0.25) is 0 Å². The summed E-state index contributed by atoms with van der Waals surface area (Å²) in [6.07, 6.45) is 0. The van der Waals surface area contributed by atoms with Gasteiger partial charge in [0.1, 0.15) is 17.8 Å². The molecule has 3 aromatic rings. The molecule has 1 aromatic heterocycles. The van der Waals surface area contributed by atoms with Gasteiger partial charge in [-0.25, -0.2) is 4.68 Å². The van der Waals surface area contributed by atoms with Crippen LogP contribution in [0.1, 0.15) is 0 Å². The molecule has 9 heteroatoms. The number of likely N-dealkylation sites (N-methyl/N-ethyl adjacent to an activating group) is 1. The molecule has 0 aliphatic rings. The van der Waals surface area contributed by atoms with Gasteiger partial charge in [-0.3, -0.25) is 14.4 Å². The number of hydrogen-bond donors (Lipinski definition) is 1. The summed E-state index contributed by atoms with van der Waals surface area (Å²) < 4.78 is 6.39. The summed E-state index contributed by atoms with van der Waals surface area (Å²) in [6.45, 7) is -0.325. The summed E-state index contributed by atoms with van der Waals surface area (Å²) >= 11 is 0. The first-order chi connectivity index (χ1) is 13.4. The zero-order chi connectivity index (χ0) is 20.1. The van der Waals surface area contributed by atoms with Crippen LogP contribution in [0, 0.1) is 0 Å². The van der Waals surface area contributed by atoms with Gasteiger partial charge in [-0.1, -0.05) is 17.3 Å². The fourth-order valence-electron chi connectivity index (χ4n) is 2.37. The second kappa shape index (κ2) is 8.30. The third kappa shape index (κ3) is 4.50. The Balaban J connectivity index is 1.61. The maximum Gasteiger partial charge on any atom is 0.278 e. The normalized spacial score (nSPS) is 10.5. The molecule has 0 aliphatic carbocycles. The standard InChI is InChI=1S/C19H19N5O4/c1-23(2)18(26)12-28-14-9-7-13(8-10-14)20-17(25)11-24-19(27)15-5-3-4-6-16(15)21-22-24/h3-10H,11-12H2,1-2H3,(H,20,25). The number of amides is 2. The number of nitrogens with zero attached hydrogens (tertiary/aromatic N) is 4. The molecule has 0 spiro atoms. The van der Waals surface area contributed by atoms with E-state index in [-0.39, 0.29) is 24.6 Å². The molecule has 1 N–H and O–H groups in total. The Bertz CT molecular complexity index is 1060. The van der Waals surface area contributed by atoms with Gasteiger partial charge < -0.3 is 15.0 Å². The summed E-state index contributed by atoms with van der Waals surface area (Å²) in [7, 11) is 3.30. The number of rotatable bonds is 6. The molecule has 28 heavy (non-hydrogen) atoms. The number of anilines is 1. The molecule has 0 bridgehead atoms. The van der Waals surface area contributed by atoms with Gasteiger partial charge >= 0.3 is 0 Å².